The maximum Gasteiger partial charge on any atom is 0.253 e. The second-order valence-corrected chi connectivity index (χ2v) is 8.83. The van der Waals surface area contributed by atoms with Gasteiger partial charge in [0.1, 0.15) is 5.82 Å². The molecule has 31 heavy (non-hydrogen) atoms. The third-order valence-corrected chi connectivity index (χ3v) is 6.15. The summed E-state index contributed by atoms with van der Waals surface area (Å²) in [5.41, 5.74) is 1.78. The number of fused-ring (bicyclic) bond motifs is 1. The van der Waals surface area contributed by atoms with E-state index < -0.39 is 0 Å². The quantitative estimate of drug-likeness (QED) is 0.793. The highest BCUT2D eigenvalue weighted by Gasteiger charge is 2.31. The third-order valence-electron chi connectivity index (χ3n) is 6.15. The zero-order valence-electron chi connectivity index (χ0n) is 18.5. The van der Waals surface area contributed by atoms with Crippen LogP contribution in [-0.4, -0.2) is 57.8 Å². The fraction of sp³-hybridized carbons (Fsp3) is 0.565. The van der Waals surface area contributed by atoms with Crippen LogP contribution in [0.5, 0.6) is 0 Å². The van der Waals surface area contributed by atoms with E-state index in [9.17, 15) is 9.59 Å². The second kappa shape index (κ2) is 9.18. The van der Waals surface area contributed by atoms with E-state index in [0.29, 0.717) is 44.8 Å². The van der Waals surface area contributed by atoms with Gasteiger partial charge in [0.25, 0.3) is 5.91 Å². The molecular formula is C23H31N5O3. The van der Waals surface area contributed by atoms with Crippen molar-refractivity contribution in [3.05, 3.63) is 47.0 Å². The largest absolute Gasteiger partial charge is 0.381 e. The first-order valence-electron chi connectivity index (χ1n) is 11.1. The summed E-state index contributed by atoms with van der Waals surface area (Å²) in [6.45, 7) is 9.04. The van der Waals surface area contributed by atoms with Crippen LogP contribution in [0.2, 0.25) is 0 Å². The van der Waals surface area contributed by atoms with Gasteiger partial charge in [-0.15, -0.1) is 10.2 Å². The molecule has 2 aromatic rings. The minimum absolute atomic E-state index is 0.0124. The highest BCUT2D eigenvalue weighted by atomic mass is 16.5. The van der Waals surface area contributed by atoms with Crippen molar-refractivity contribution in [2.24, 2.45) is 11.8 Å². The second-order valence-electron chi connectivity index (χ2n) is 8.83. The van der Waals surface area contributed by atoms with E-state index in [1.807, 2.05) is 36.1 Å². The molecule has 0 unspecified atom stereocenters. The van der Waals surface area contributed by atoms with Gasteiger partial charge in [0, 0.05) is 38.2 Å². The molecule has 0 bridgehead atoms. The zero-order valence-corrected chi connectivity index (χ0v) is 18.5. The monoisotopic (exact) mass is 425 g/mol. The topological polar surface area (TPSA) is 89.3 Å². The molecule has 166 valence electrons. The Bertz CT molecular complexity index is 948. The first-order valence-corrected chi connectivity index (χ1v) is 11.1. The highest BCUT2D eigenvalue weighted by molar-refractivity contribution is 5.94. The summed E-state index contributed by atoms with van der Waals surface area (Å²) in [5, 5.41) is 12.0. The van der Waals surface area contributed by atoms with Crippen molar-refractivity contribution in [3.8, 4) is 0 Å². The Balaban J connectivity index is 1.49. The molecule has 8 heteroatoms. The number of ether oxygens (including phenoxy) is 1. The van der Waals surface area contributed by atoms with Crippen LogP contribution in [0.1, 0.15) is 53.9 Å². The number of aryl methyl sites for hydroxylation is 1. The van der Waals surface area contributed by atoms with Gasteiger partial charge in [0.2, 0.25) is 5.91 Å². The van der Waals surface area contributed by atoms with E-state index in [2.05, 4.69) is 33.9 Å². The predicted octanol–water partition coefficient (Wildman–Crippen LogP) is 2.13. The summed E-state index contributed by atoms with van der Waals surface area (Å²) < 4.78 is 7.45. The van der Waals surface area contributed by atoms with Crippen LogP contribution in [0.4, 0.5) is 0 Å². The Labute approximate surface area is 183 Å². The van der Waals surface area contributed by atoms with E-state index in [1.165, 1.54) is 0 Å². The SMILES string of the molecule is Cc1cccc(C(=O)N2CCc3nnc([C@@H](NC(=O)[C@@H]4CCOC4)C(C)C)n3CC2)c1. The van der Waals surface area contributed by atoms with Crippen molar-refractivity contribution >= 4 is 11.8 Å². The van der Waals surface area contributed by atoms with Crippen LogP contribution >= 0.6 is 0 Å². The molecule has 3 heterocycles. The smallest absolute Gasteiger partial charge is 0.253 e. The molecule has 1 saturated heterocycles. The molecule has 1 N–H and O–H groups in total. The standard InChI is InChI=1S/C23H31N5O3/c1-15(2)20(24-22(29)18-8-12-31-14-18)21-26-25-19-7-9-27(10-11-28(19)21)23(30)17-6-4-5-16(3)13-17/h4-6,13,15,18,20H,7-12,14H2,1-3H3,(H,24,29)/t18-,20+/m1/s1. The summed E-state index contributed by atoms with van der Waals surface area (Å²) in [4.78, 5) is 27.6. The lowest BCUT2D eigenvalue weighted by Gasteiger charge is -2.24. The van der Waals surface area contributed by atoms with Crippen molar-refractivity contribution in [3.63, 3.8) is 0 Å². The van der Waals surface area contributed by atoms with Gasteiger partial charge in [-0.2, -0.15) is 0 Å². The van der Waals surface area contributed by atoms with Gasteiger partial charge >= 0.3 is 0 Å². The normalized spacial score (nSPS) is 19.7. The number of carbonyl (C=O) groups excluding carboxylic acids is 2. The molecule has 1 fully saturated rings. The lowest BCUT2D eigenvalue weighted by Crippen LogP contribution is -2.38. The highest BCUT2D eigenvalue weighted by Crippen LogP contribution is 2.24. The molecule has 0 saturated carbocycles. The molecule has 2 atom stereocenters. The summed E-state index contributed by atoms with van der Waals surface area (Å²) in [5.74, 6) is 1.74. The van der Waals surface area contributed by atoms with Crippen LogP contribution in [0.3, 0.4) is 0 Å². The molecule has 2 aliphatic heterocycles. The van der Waals surface area contributed by atoms with Crippen LogP contribution in [0.25, 0.3) is 0 Å². The summed E-state index contributed by atoms with van der Waals surface area (Å²) >= 11 is 0. The summed E-state index contributed by atoms with van der Waals surface area (Å²) in [6, 6.07) is 7.47. The number of rotatable bonds is 5. The molecule has 8 nitrogen and oxygen atoms in total. The molecule has 0 spiro atoms. The van der Waals surface area contributed by atoms with E-state index in [-0.39, 0.29) is 29.7 Å². The molecule has 4 rings (SSSR count). The van der Waals surface area contributed by atoms with E-state index in [1.54, 1.807) is 0 Å². The Hall–Kier alpha value is -2.74. The Morgan fingerprint density at radius 3 is 2.74 bits per heavy atom. The predicted molar refractivity (Wildman–Crippen MR) is 115 cm³/mol. The van der Waals surface area contributed by atoms with Crippen molar-refractivity contribution < 1.29 is 14.3 Å². The Kier molecular flexibility index (Phi) is 6.36. The Morgan fingerprint density at radius 1 is 1.19 bits per heavy atom. The molecule has 0 aliphatic carbocycles. The fourth-order valence-electron chi connectivity index (χ4n) is 4.28. The lowest BCUT2D eigenvalue weighted by molar-refractivity contribution is -0.126. The molecule has 2 aliphatic rings. The maximum atomic E-state index is 13.0. The van der Waals surface area contributed by atoms with Gasteiger partial charge in [0.15, 0.2) is 5.82 Å². The maximum absolute atomic E-state index is 13.0. The molecule has 1 aromatic carbocycles. The number of amides is 2. The molecule has 1 aromatic heterocycles. The zero-order chi connectivity index (χ0) is 22.0. The van der Waals surface area contributed by atoms with Crippen molar-refractivity contribution in [1.82, 2.24) is 25.0 Å². The fourth-order valence-corrected chi connectivity index (χ4v) is 4.28. The number of carbonyl (C=O) groups is 2. The first-order chi connectivity index (χ1) is 14.9. The van der Waals surface area contributed by atoms with E-state index in [4.69, 9.17) is 4.74 Å². The minimum atomic E-state index is -0.228. The van der Waals surface area contributed by atoms with Crippen molar-refractivity contribution in [1.29, 1.82) is 0 Å². The summed E-state index contributed by atoms with van der Waals surface area (Å²) in [6.07, 6.45) is 1.39. The number of benzene rings is 1. The third kappa shape index (κ3) is 4.63. The number of nitrogens with one attached hydrogen (secondary N) is 1. The van der Waals surface area contributed by atoms with E-state index in [0.717, 1.165) is 23.6 Å². The number of hydrogen-bond donors (Lipinski definition) is 1. The molecule has 0 radical (unpaired) electrons. The minimum Gasteiger partial charge on any atom is -0.381 e. The Morgan fingerprint density at radius 2 is 2.03 bits per heavy atom. The van der Waals surface area contributed by atoms with Crippen molar-refractivity contribution in [2.75, 3.05) is 26.3 Å². The number of hydrogen-bond acceptors (Lipinski definition) is 5. The van der Waals surface area contributed by atoms with Crippen molar-refractivity contribution in [2.45, 2.75) is 46.2 Å². The van der Waals surface area contributed by atoms with E-state index >= 15 is 0 Å². The molecular weight excluding hydrogens is 394 g/mol. The first kappa shape index (κ1) is 21.5. The number of nitrogens with zero attached hydrogens (tertiary/aromatic N) is 4. The van der Waals surface area contributed by atoms with Gasteiger partial charge < -0.3 is 19.5 Å². The van der Waals surface area contributed by atoms with Gasteiger partial charge in [-0.25, -0.2) is 0 Å². The van der Waals surface area contributed by atoms with Gasteiger partial charge in [-0.05, 0) is 31.4 Å². The van der Waals surface area contributed by atoms with Crippen LogP contribution in [-0.2, 0) is 22.5 Å². The van der Waals surface area contributed by atoms with Gasteiger partial charge in [0.05, 0.1) is 18.6 Å². The van der Waals surface area contributed by atoms with Gasteiger partial charge in [-0.3, -0.25) is 9.59 Å². The molecule has 2 amide bonds. The van der Waals surface area contributed by atoms with Crippen LogP contribution < -0.4 is 5.32 Å². The van der Waals surface area contributed by atoms with Crippen LogP contribution in [0.15, 0.2) is 24.3 Å². The number of aromatic nitrogens is 3. The van der Waals surface area contributed by atoms with Gasteiger partial charge in [-0.1, -0.05) is 31.5 Å². The lowest BCUT2D eigenvalue weighted by atomic mass is 10.0. The van der Waals surface area contributed by atoms with Crippen LogP contribution in [0, 0.1) is 18.8 Å². The summed E-state index contributed by atoms with van der Waals surface area (Å²) in [7, 11) is 0. The average molecular weight is 426 g/mol. The average Bonchev–Trinajstić information content (AvgIpc) is 3.38.